The van der Waals surface area contributed by atoms with Crippen molar-refractivity contribution >= 4 is 50.8 Å². The van der Waals surface area contributed by atoms with Crippen LogP contribution in [0.25, 0.3) is 0 Å². The van der Waals surface area contributed by atoms with Crippen LogP contribution < -0.4 is 5.32 Å². The van der Waals surface area contributed by atoms with Gasteiger partial charge in [-0.2, -0.15) is 23.5 Å². The molecule has 1 N–H and O–H groups in total. The Kier molecular flexibility index (Phi) is 6.60. The maximum Gasteiger partial charge on any atom is 0.0298 e. The van der Waals surface area contributed by atoms with Crippen molar-refractivity contribution in [2.75, 3.05) is 12.3 Å². The lowest BCUT2D eigenvalue weighted by molar-refractivity contribution is 0.523. The second kappa shape index (κ2) is 7.74. The molecule has 1 aliphatic rings. The number of thiophene rings is 1. The van der Waals surface area contributed by atoms with E-state index in [9.17, 15) is 0 Å². The molecular formula is C14H22BrNS3. The zero-order valence-corrected chi connectivity index (χ0v) is 15.7. The number of hydrogen-bond donors (Lipinski definition) is 1. The molecule has 2 rings (SSSR count). The molecule has 1 aromatic heterocycles. The Morgan fingerprint density at radius 2 is 2.21 bits per heavy atom. The molecular weight excluding hydrogens is 358 g/mol. The van der Waals surface area contributed by atoms with Crippen molar-refractivity contribution in [3.63, 3.8) is 0 Å². The first kappa shape index (κ1) is 16.2. The fourth-order valence-electron chi connectivity index (χ4n) is 2.29. The van der Waals surface area contributed by atoms with Gasteiger partial charge in [0.05, 0.1) is 0 Å². The van der Waals surface area contributed by atoms with Crippen LogP contribution in [0.1, 0.15) is 25.6 Å². The molecule has 1 nitrogen and oxygen atoms in total. The third kappa shape index (κ3) is 4.67. The Balaban J connectivity index is 1.99. The van der Waals surface area contributed by atoms with Gasteiger partial charge in [0.25, 0.3) is 0 Å². The normalized spacial score (nSPS) is 29.4. The minimum atomic E-state index is 0.600. The second-order valence-corrected chi connectivity index (χ2v) is 9.96. The highest BCUT2D eigenvalue weighted by Gasteiger charge is 2.31. The second-order valence-electron chi connectivity index (χ2n) is 5.02. The van der Waals surface area contributed by atoms with Crippen LogP contribution in [0.4, 0.5) is 0 Å². The summed E-state index contributed by atoms with van der Waals surface area (Å²) in [7, 11) is 0. The van der Waals surface area contributed by atoms with Crippen LogP contribution in [0.15, 0.2) is 15.9 Å². The summed E-state index contributed by atoms with van der Waals surface area (Å²) in [4.78, 5) is 1.48. The van der Waals surface area contributed by atoms with Crippen LogP contribution in [-0.4, -0.2) is 34.1 Å². The molecule has 0 amide bonds. The average Bonchev–Trinajstić information content (AvgIpc) is 2.78. The van der Waals surface area contributed by atoms with Gasteiger partial charge < -0.3 is 5.32 Å². The maximum absolute atomic E-state index is 3.70. The van der Waals surface area contributed by atoms with E-state index >= 15 is 0 Å². The molecule has 108 valence electrons. The number of rotatable bonds is 5. The quantitative estimate of drug-likeness (QED) is 0.798. The van der Waals surface area contributed by atoms with Gasteiger partial charge in [-0.3, -0.25) is 0 Å². The van der Waals surface area contributed by atoms with Crippen molar-refractivity contribution in [2.45, 2.75) is 49.0 Å². The first-order chi connectivity index (χ1) is 9.10. The Hall–Kier alpha value is 0.840. The van der Waals surface area contributed by atoms with Gasteiger partial charge in [-0.25, -0.2) is 0 Å². The lowest BCUT2D eigenvalue weighted by Gasteiger charge is -2.36. The third-order valence-corrected chi connectivity index (χ3v) is 8.80. The van der Waals surface area contributed by atoms with Crippen LogP contribution in [0.5, 0.6) is 0 Å². The lowest BCUT2D eigenvalue weighted by Crippen LogP contribution is -2.44. The van der Waals surface area contributed by atoms with Gasteiger partial charge in [-0.05, 0) is 35.0 Å². The largest absolute Gasteiger partial charge is 0.313 e. The molecule has 1 fully saturated rings. The molecule has 0 bridgehead atoms. The van der Waals surface area contributed by atoms with Gasteiger partial charge in [-0.1, -0.05) is 20.8 Å². The summed E-state index contributed by atoms with van der Waals surface area (Å²) in [6, 6.07) is 2.87. The first-order valence-corrected chi connectivity index (χ1v) is 10.5. The molecule has 4 atom stereocenters. The van der Waals surface area contributed by atoms with E-state index in [1.165, 1.54) is 15.1 Å². The van der Waals surface area contributed by atoms with Crippen LogP contribution >= 0.6 is 50.8 Å². The summed E-state index contributed by atoms with van der Waals surface area (Å²) in [6.07, 6.45) is 1.16. The van der Waals surface area contributed by atoms with Gasteiger partial charge in [-0.15, -0.1) is 11.3 Å². The summed E-state index contributed by atoms with van der Waals surface area (Å²) >= 11 is 9.74. The van der Waals surface area contributed by atoms with Gasteiger partial charge in [0.2, 0.25) is 0 Å². The van der Waals surface area contributed by atoms with E-state index in [0.717, 1.165) is 28.7 Å². The monoisotopic (exact) mass is 379 g/mol. The fourth-order valence-corrected chi connectivity index (χ4v) is 6.93. The molecule has 0 aliphatic carbocycles. The van der Waals surface area contributed by atoms with Gasteiger partial charge in [0.1, 0.15) is 0 Å². The molecule has 1 saturated heterocycles. The van der Waals surface area contributed by atoms with Gasteiger partial charge >= 0.3 is 0 Å². The number of thioether (sulfide) groups is 2. The lowest BCUT2D eigenvalue weighted by atomic mass is 10.1. The van der Waals surface area contributed by atoms with E-state index in [4.69, 9.17) is 0 Å². The minimum Gasteiger partial charge on any atom is -0.313 e. The van der Waals surface area contributed by atoms with Gasteiger partial charge in [0.15, 0.2) is 0 Å². The molecule has 19 heavy (non-hydrogen) atoms. The fraction of sp³-hybridized carbons (Fsp3) is 0.714. The molecule has 1 aromatic rings. The van der Waals surface area contributed by atoms with Crippen LogP contribution in [0.3, 0.4) is 0 Å². The van der Waals surface area contributed by atoms with Crippen molar-refractivity contribution in [3.8, 4) is 0 Å². The summed E-state index contributed by atoms with van der Waals surface area (Å²) in [5.41, 5.74) is 0. The topological polar surface area (TPSA) is 12.0 Å². The van der Waals surface area contributed by atoms with Crippen molar-refractivity contribution in [1.82, 2.24) is 5.32 Å². The number of hydrogen-bond acceptors (Lipinski definition) is 4. The zero-order chi connectivity index (χ0) is 13.8. The Morgan fingerprint density at radius 3 is 2.79 bits per heavy atom. The molecule has 2 heterocycles. The molecule has 0 spiro atoms. The number of likely N-dealkylation sites (N-methyl/N-ethyl adjacent to an activating group) is 1. The molecule has 4 unspecified atom stereocenters. The van der Waals surface area contributed by atoms with Crippen molar-refractivity contribution in [1.29, 1.82) is 0 Å². The zero-order valence-electron chi connectivity index (χ0n) is 11.7. The maximum atomic E-state index is 3.70. The van der Waals surface area contributed by atoms with Crippen molar-refractivity contribution in [3.05, 3.63) is 20.8 Å². The SMILES string of the molecule is CCNC(Cc1cc(Br)cs1)C1CSC(C)C(C)S1. The van der Waals surface area contributed by atoms with E-state index in [2.05, 4.69) is 77.0 Å². The summed E-state index contributed by atoms with van der Waals surface area (Å²) in [5, 5.41) is 8.18. The molecule has 5 heteroatoms. The molecule has 0 radical (unpaired) electrons. The van der Waals surface area contributed by atoms with E-state index in [0.29, 0.717) is 6.04 Å². The Bertz CT molecular complexity index is 396. The van der Waals surface area contributed by atoms with E-state index < -0.39 is 0 Å². The predicted molar refractivity (Wildman–Crippen MR) is 95.9 cm³/mol. The number of halogens is 1. The Labute approximate surface area is 137 Å². The standard InChI is InChI=1S/C14H22BrNS3/c1-4-16-13(6-12-5-11(15)7-18-12)14-8-17-9(2)10(3)19-14/h5,7,9-10,13-14,16H,4,6,8H2,1-3H3. The highest BCUT2D eigenvalue weighted by Crippen LogP contribution is 2.38. The highest BCUT2D eigenvalue weighted by atomic mass is 79.9. The molecule has 1 aliphatic heterocycles. The van der Waals surface area contributed by atoms with Crippen molar-refractivity contribution in [2.24, 2.45) is 0 Å². The average molecular weight is 380 g/mol. The predicted octanol–water partition coefficient (Wildman–Crippen LogP) is 4.66. The van der Waals surface area contributed by atoms with E-state index in [-0.39, 0.29) is 0 Å². The van der Waals surface area contributed by atoms with E-state index in [1.54, 1.807) is 0 Å². The van der Waals surface area contributed by atoms with E-state index in [1.807, 2.05) is 11.3 Å². The highest BCUT2D eigenvalue weighted by molar-refractivity contribution is 9.10. The summed E-state index contributed by atoms with van der Waals surface area (Å²) in [5.74, 6) is 1.28. The first-order valence-electron chi connectivity index (χ1n) is 6.83. The Morgan fingerprint density at radius 1 is 1.42 bits per heavy atom. The molecule has 0 aromatic carbocycles. The van der Waals surface area contributed by atoms with Crippen molar-refractivity contribution < 1.29 is 0 Å². The minimum absolute atomic E-state index is 0.600. The summed E-state index contributed by atoms with van der Waals surface area (Å²) < 4.78 is 1.22. The van der Waals surface area contributed by atoms with Gasteiger partial charge in [0, 0.05) is 42.3 Å². The van der Waals surface area contributed by atoms with Crippen LogP contribution in [-0.2, 0) is 6.42 Å². The third-order valence-electron chi connectivity index (χ3n) is 3.53. The van der Waals surface area contributed by atoms with Crippen LogP contribution in [0, 0.1) is 0 Å². The summed E-state index contributed by atoms with van der Waals surface area (Å²) in [6.45, 7) is 8.00. The molecule has 0 saturated carbocycles. The smallest absolute Gasteiger partial charge is 0.0298 e. The number of nitrogens with one attached hydrogen (secondary N) is 1. The van der Waals surface area contributed by atoms with Crippen LogP contribution in [0.2, 0.25) is 0 Å².